The Morgan fingerprint density at radius 1 is 0.350 bits per heavy atom. The molecule has 3 heterocycles. The molecule has 0 saturated heterocycles. The van der Waals surface area contributed by atoms with Crippen molar-refractivity contribution in [2.75, 3.05) is 0 Å². The Morgan fingerprint density at radius 2 is 0.775 bits per heavy atom. The fourth-order valence-electron chi connectivity index (χ4n) is 6.80. The van der Waals surface area contributed by atoms with Crippen molar-refractivity contribution in [2.45, 2.75) is 0 Å². The van der Waals surface area contributed by atoms with Crippen molar-refractivity contribution in [2.24, 2.45) is 0 Å². The summed E-state index contributed by atoms with van der Waals surface area (Å²) >= 11 is 0. The minimum atomic E-state index is 1.16. The van der Waals surface area contributed by atoms with Crippen LogP contribution in [0.15, 0.2) is 146 Å². The van der Waals surface area contributed by atoms with E-state index >= 15 is 0 Å². The molecule has 0 saturated carbocycles. The molecule has 0 bridgehead atoms. The van der Waals surface area contributed by atoms with Crippen molar-refractivity contribution < 1.29 is 4.57 Å². The van der Waals surface area contributed by atoms with Gasteiger partial charge in [-0.15, -0.1) is 0 Å². The van der Waals surface area contributed by atoms with Crippen LogP contribution in [0.5, 0.6) is 0 Å². The van der Waals surface area contributed by atoms with Crippen molar-refractivity contribution in [3.05, 3.63) is 146 Å². The van der Waals surface area contributed by atoms with E-state index in [9.17, 15) is 0 Å². The second kappa shape index (κ2) is 8.05. The summed E-state index contributed by atoms with van der Waals surface area (Å²) < 4.78 is 7.31. The number of aromatic nitrogens is 3. The maximum atomic E-state index is 2.44. The lowest BCUT2D eigenvalue weighted by atomic mass is 9.88. The molecule has 2 aliphatic heterocycles. The van der Waals surface area contributed by atoms with E-state index in [-0.39, 0.29) is 0 Å². The fraction of sp³-hybridized carbons (Fsp3) is 0. The summed E-state index contributed by atoms with van der Waals surface area (Å²) in [4.78, 5) is 0. The molecule has 40 heavy (non-hydrogen) atoms. The van der Waals surface area contributed by atoms with Gasteiger partial charge < -0.3 is 9.13 Å². The third-order valence-corrected chi connectivity index (χ3v) is 8.30. The summed E-state index contributed by atoms with van der Waals surface area (Å²) in [5.74, 6) is 0. The molecule has 0 aliphatic carbocycles. The van der Waals surface area contributed by atoms with E-state index < -0.39 is 0 Å². The summed E-state index contributed by atoms with van der Waals surface area (Å²) in [7, 11) is 0. The Kier molecular flexibility index (Phi) is 4.33. The smallest absolute Gasteiger partial charge is 0.221 e. The van der Waals surface area contributed by atoms with E-state index in [2.05, 4.69) is 159 Å². The molecule has 6 aromatic carbocycles. The predicted molar refractivity (Wildman–Crippen MR) is 164 cm³/mol. The van der Waals surface area contributed by atoms with Gasteiger partial charge in [-0.3, -0.25) is 0 Å². The number of benzene rings is 6. The van der Waals surface area contributed by atoms with E-state index in [1.807, 2.05) is 0 Å². The summed E-state index contributed by atoms with van der Waals surface area (Å²) in [6, 6.07) is 52.5. The van der Waals surface area contributed by atoms with Gasteiger partial charge in [0.05, 0.1) is 32.8 Å². The summed E-state index contributed by atoms with van der Waals surface area (Å²) in [6.07, 6.45) is 0. The number of nitrogens with zero attached hydrogens (tertiary/aromatic N) is 3. The van der Waals surface area contributed by atoms with Crippen molar-refractivity contribution in [1.29, 1.82) is 0 Å². The Morgan fingerprint density at radius 3 is 1.27 bits per heavy atom. The van der Waals surface area contributed by atoms with Crippen LogP contribution in [0.1, 0.15) is 0 Å². The maximum absolute atomic E-state index is 2.44. The molecule has 0 fully saturated rings. The molecule has 186 valence electrons. The van der Waals surface area contributed by atoms with Crippen LogP contribution < -0.4 is 4.57 Å². The monoisotopic (exact) mass is 510 g/mol. The predicted octanol–water partition coefficient (Wildman–Crippen LogP) is 8.70. The molecule has 0 N–H and O–H groups in total. The Balaban J connectivity index is 1.65. The molecule has 0 atom stereocenters. The highest BCUT2D eigenvalue weighted by Gasteiger charge is 2.32. The second-order valence-electron chi connectivity index (χ2n) is 10.4. The molecule has 3 heteroatoms. The second-order valence-corrected chi connectivity index (χ2v) is 10.4. The Hall–Kier alpha value is -5.41. The average Bonchev–Trinajstić information content (AvgIpc) is 3.03. The van der Waals surface area contributed by atoms with Crippen LogP contribution in [-0.4, -0.2) is 9.13 Å². The van der Waals surface area contributed by atoms with Gasteiger partial charge in [-0.25, -0.2) is 0 Å². The third-order valence-electron chi connectivity index (χ3n) is 8.30. The molecule has 1 aromatic heterocycles. The molecule has 2 aliphatic rings. The van der Waals surface area contributed by atoms with Crippen molar-refractivity contribution in [3.8, 4) is 28.2 Å². The SMILES string of the molecule is c1ccc(-n2c3cccc4c3-c3c5c2cccc5[n+](-c2ccccc2)c2cccc(c32)n4-c2ccccc2)cc1. The zero-order chi connectivity index (χ0) is 26.2. The lowest BCUT2D eigenvalue weighted by molar-refractivity contribution is -0.537. The number of pyridine rings is 3. The van der Waals surface area contributed by atoms with Gasteiger partial charge in [0.15, 0.2) is 0 Å². The highest BCUT2D eigenvalue weighted by atomic mass is 15.0. The lowest BCUT2D eigenvalue weighted by Gasteiger charge is -2.28. The highest BCUT2D eigenvalue weighted by molar-refractivity contribution is 6.25. The van der Waals surface area contributed by atoms with Crippen LogP contribution in [0.3, 0.4) is 0 Å². The summed E-state index contributed by atoms with van der Waals surface area (Å²) in [5.41, 5.74) is 13.3. The summed E-state index contributed by atoms with van der Waals surface area (Å²) in [5, 5.41) is 2.56. The molecular weight excluding hydrogens is 486 g/mol. The van der Waals surface area contributed by atoms with Gasteiger partial charge in [0.1, 0.15) is 0 Å². The standard InChI is InChI=1S/C37H24N3/c1-4-13-25(14-5-1)38-28-19-10-21-30-34(28)37-35-29(38)20-11-22-31(35)40(27-17-8-3-9-18-27)33-24-12-23-32(36(33)37)39(30)26-15-6-2-7-16-26/h1-24H/q+1. The largest absolute Gasteiger partial charge is 0.309 e. The van der Waals surface area contributed by atoms with Crippen molar-refractivity contribution in [3.63, 3.8) is 0 Å². The molecule has 7 aromatic rings. The first kappa shape index (κ1) is 21.5. The van der Waals surface area contributed by atoms with Crippen LogP contribution in [0.25, 0.3) is 72.1 Å². The van der Waals surface area contributed by atoms with Crippen LogP contribution in [-0.2, 0) is 0 Å². The quantitative estimate of drug-likeness (QED) is 0.128. The van der Waals surface area contributed by atoms with E-state index in [4.69, 9.17) is 0 Å². The fourth-order valence-corrected chi connectivity index (χ4v) is 6.80. The van der Waals surface area contributed by atoms with Crippen molar-refractivity contribution in [1.82, 2.24) is 9.13 Å². The number of para-hydroxylation sites is 3. The minimum absolute atomic E-state index is 1.16. The zero-order valence-electron chi connectivity index (χ0n) is 21.7. The van der Waals surface area contributed by atoms with Crippen molar-refractivity contribution >= 4 is 43.9 Å². The first-order valence-electron chi connectivity index (χ1n) is 13.7. The third kappa shape index (κ3) is 2.76. The molecule has 0 unspecified atom stereocenters. The Labute approximate surface area is 231 Å². The number of hydrogen-bond donors (Lipinski definition) is 0. The average molecular weight is 511 g/mol. The lowest BCUT2D eigenvalue weighted by Crippen LogP contribution is -2.33. The van der Waals surface area contributed by atoms with E-state index in [0.717, 1.165) is 17.1 Å². The molecule has 9 rings (SSSR count). The molecule has 3 nitrogen and oxygen atoms in total. The molecule has 0 spiro atoms. The van der Waals surface area contributed by atoms with Gasteiger partial charge in [-0.1, -0.05) is 72.8 Å². The van der Waals surface area contributed by atoms with Gasteiger partial charge in [0.2, 0.25) is 16.7 Å². The van der Waals surface area contributed by atoms with Crippen LogP contribution in [0.2, 0.25) is 0 Å². The number of hydrogen-bond acceptors (Lipinski definition) is 0. The summed E-state index contributed by atoms with van der Waals surface area (Å²) in [6.45, 7) is 0. The maximum Gasteiger partial charge on any atom is 0.221 e. The van der Waals surface area contributed by atoms with Crippen LogP contribution >= 0.6 is 0 Å². The first-order valence-corrected chi connectivity index (χ1v) is 13.7. The molecule has 0 radical (unpaired) electrons. The van der Waals surface area contributed by atoms with E-state index in [1.54, 1.807) is 0 Å². The van der Waals surface area contributed by atoms with Crippen LogP contribution in [0, 0.1) is 0 Å². The normalized spacial score (nSPS) is 12.0. The highest BCUT2D eigenvalue weighted by Crippen LogP contribution is 2.48. The van der Waals surface area contributed by atoms with E-state index in [1.165, 1.54) is 55.0 Å². The number of rotatable bonds is 3. The van der Waals surface area contributed by atoms with E-state index in [0.29, 0.717) is 0 Å². The van der Waals surface area contributed by atoms with Gasteiger partial charge in [-0.05, 0) is 48.5 Å². The van der Waals surface area contributed by atoms with Gasteiger partial charge in [-0.2, -0.15) is 4.57 Å². The van der Waals surface area contributed by atoms with Gasteiger partial charge >= 0.3 is 0 Å². The van der Waals surface area contributed by atoms with Gasteiger partial charge in [0, 0.05) is 46.8 Å². The molecule has 0 amide bonds. The Bertz CT molecular complexity index is 2150. The zero-order valence-corrected chi connectivity index (χ0v) is 21.7. The van der Waals surface area contributed by atoms with Gasteiger partial charge in [0.25, 0.3) is 0 Å². The topological polar surface area (TPSA) is 13.7 Å². The van der Waals surface area contributed by atoms with Crippen LogP contribution in [0.4, 0.5) is 0 Å². The first-order chi connectivity index (χ1) is 19.9. The molecular formula is C37H24N3+. The minimum Gasteiger partial charge on any atom is -0.309 e.